The zero-order chi connectivity index (χ0) is 22.1. The normalized spacial score (nSPS) is 20.2. The van der Waals surface area contributed by atoms with Crippen molar-refractivity contribution in [3.05, 3.63) is 88.0 Å². The smallest absolute Gasteiger partial charge is 0.176 e. The van der Waals surface area contributed by atoms with Gasteiger partial charge in [-0.25, -0.2) is 9.38 Å². The molecule has 32 heavy (non-hydrogen) atoms. The Balaban J connectivity index is 1.52. The van der Waals surface area contributed by atoms with Crippen LogP contribution in [-0.2, 0) is 0 Å². The van der Waals surface area contributed by atoms with Gasteiger partial charge >= 0.3 is 0 Å². The van der Waals surface area contributed by atoms with Crippen molar-refractivity contribution >= 4 is 46.0 Å². The van der Waals surface area contributed by atoms with Crippen LogP contribution in [0.5, 0.6) is 11.5 Å². The molecule has 0 aliphatic carbocycles. The predicted molar refractivity (Wildman–Crippen MR) is 126 cm³/mol. The Morgan fingerprint density at radius 2 is 1.72 bits per heavy atom. The minimum atomic E-state index is -0.950. The van der Waals surface area contributed by atoms with Gasteiger partial charge in [-0.15, -0.1) is 0 Å². The lowest BCUT2D eigenvalue weighted by Gasteiger charge is -2.22. The number of nitrogens with zero attached hydrogens (tertiary/aromatic N) is 2. The summed E-state index contributed by atoms with van der Waals surface area (Å²) in [5.41, 5.74) is 2.19. The van der Waals surface area contributed by atoms with Crippen molar-refractivity contribution in [3.63, 3.8) is 0 Å². The van der Waals surface area contributed by atoms with Gasteiger partial charge in [-0.2, -0.15) is 0 Å². The minimum absolute atomic E-state index is 0.332. The average molecular weight is 469 g/mol. The van der Waals surface area contributed by atoms with Crippen LogP contribution < -0.4 is 14.4 Å². The second kappa shape index (κ2) is 8.86. The summed E-state index contributed by atoms with van der Waals surface area (Å²) in [7, 11) is 0. The molecule has 5 rings (SSSR count). The van der Waals surface area contributed by atoms with Crippen molar-refractivity contribution in [2.24, 2.45) is 4.99 Å². The topological polar surface area (TPSA) is 54.3 Å². The van der Waals surface area contributed by atoms with Gasteiger partial charge in [0.1, 0.15) is 19.0 Å². The highest BCUT2D eigenvalue weighted by atomic mass is 35.5. The number of thioether (sulfide) groups is 1. The zero-order valence-corrected chi connectivity index (χ0v) is 18.3. The lowest BCUT2D eigenvalue weighted by molar-refractivity contribution is 0.171. The van der Waals surface area contributed by atoms with E-state index in [0.29, 0.717) is 45.5 Å². The Morgan fingerprint density at radius 1 is 1.00 bits per heavy atom. The second-order valence-electron chi connectivity index (χ2n) is 7.14. The Kier molecular flexibility index (Phi) is 5.78. The van der Waals surface area contributed by atoms with Gasteiger partial charge in [-0.1, -0.05) is 29.4 Å². The Morgan fingerprint density at radius 3 is 2.47 bits per heavy atom. The molecular weight excluding hydrogens is 451 g/mol. The summed E-state index contributed by atoms with van der Waals surface area (Å²) >= 11 is 7.39. The fourth-order valence-corrected chi connectivity index (χ4v) is 4.61. The molecule has 0 spiro atoms. The van der Waals surface area contributed by atoms with Crippen molar-refractivity contribution in [1.82, 2.24) is 0 Å². The molecule has 3 aromatic carbocycles. The number of amidine groups is 1. The van der Waals surface area contributed by atoms with E-state index in [2.05, 4.69) is 4.99 Å². The number of halogens is 2. The van der Waals surface area contributed by atoms with Crippen LogP contribution in [-0.4, -0.2) is 29.7 Å². The third-order valence-electron chi connectivity index (χ3n) is 4.95. The van der Waals surface area contributed by atoms with Crippen LogP contribution in [0.25, 0.3) is 6.08 Å². The highest BCUT2D eigenvalue weighted by molar-refractivity contribution is 8.18. The zero-order valence-electron chi connectivity index (χ0n) is 16.7. The van der Waals surface area contributed by atoms with Gasteiger partial charge in [0.2, 0.25) is 0 Å². The lowest BCUT2D eigenvalue weighted by Crippen LogP contribution is -2.32. The quantitative estimate of drug-likeness (QED) is 0.522. The van der Waals surface area contributed by atoms with Crippen LogP contribution >= 0.6 is 23.4 Å². The maximum absolute atomic E-state index is 13.3. The molecule has 1 fully saturated rings. The highest BCUT2D eigenvalue weighted by Crippen LogP contribution is 2.41. The van der Waals surface area contributed by atoms with Gasteiger partial charge in [-0.05, 0) is 72.3 Å². The van der Waals surface area contributed by atoms with E-state index in [9.17, 15) is 9.50 Å². The van der Waals surface area contributed by atoms with E-state index >= 15 is 0 Å². The first-order chi connectivity index (χ1) is 15.6. The molecule has 162 valence electrons. The first kappa shape index (κ1) is 20.9. The number of aliphatic hydroxyl groups is 1. The first-order valence-electron chi connectivity index (χ1n) is 9.93. The fraction of sp³-hybridized carbons (Fsp3) is 0.125. The van der Waals surface area contributed by atoms with Crippen LogP contribution in [0.1, 0.15) is 5.56 Å². The van der Waals surface area contributed by atoms with Gasteiger partial charge in [0.25, 0.3) is 0 Å². The highest BCUT2D eigenvalue weighted by Gasteiger charge is 2.34. The molecule has 2 heterocycles. The number of ether oxygens (including phenoxy) is 2. The molecule has 3 aromatic rings. The molecule has 0 bridgehead atoms. The molecule has 0 saturated carbocycles. The van der Waals surface area contributed by atoms with E-state index in [4.69, 9.17) is 21.1 Å². The number of benzene rings is 3. The largest absolute Gasteiger partial charge is 0.486 e. The number of aliphatic imine (C=N–C) groups is 1. The summed E-state index contributed by atoms with van der Waals surface area (Å²) in [4.78, 5) is 7.06. The number of rotatable bonds is 3. The minimum Gasteiger partial charge on any atom is -0.486 e. The van der Waals surface area contributed by atoms with Crippen molar-refractivity contribution in [2.45, 2.75) is 6.23 Å². The molecule has 2 aliphatic rings. The van der Waals surface area contributed by atoms with Gasteiger partial charge in [-0.3, -0.25) is 4.90 Å². The molecule has 5 nitrogen and oxygen atoms in total. The van der Waals surface area contributed by atoms with E-state index in [1.807, 2.05) is 36.4 Å². The molecule has 0 aromatic heterocycles. The number of aliphatic hydroxyl groups excluding tert-OH is 1. The predicted octanol–water partition coefficient (Wildman–Crippen LogP) is 5.85. The van der Waals surface area contributed by atoms with Gasteiger partial charge in [0, 0.05) is 15.6 Å². The molecule has 0 amide bonds. The first-order valence-corrected chi connectivity index (χ1v) is 11.1. The molecule has 1 atom stereocenters. The number of fused-ring (bicyclic) bond motifs is 1. The summed E-state index contributed by atoms with van der Waals surface area (Å²) in [5.74, 6) is 1.05. The van der Waals surface area contributed by atoms with Gasteiger partial charge < -0.3 is 14.6 Å². The summed E-state index contributed by atoms with van der Waals surface area (Å²) < 4.78 is 24.6. The van der Waals surface area contributed by atoms with Crippen molar-refractivity contribution in [2.75, 3.05) is 18.1 Å². The van der Waals surface area contributed by atoms with E-state index in [0.717, 1.165) is 11.3 Å². The van der Waals surface area contributed by atoms with E-state index in [-0.39, 0.29) is 5.82 Å². The lowest BCUT2D eigenvalue weighted by atomic mass is 10.1. The molecule has 1 unspecified atom stereocenters. The molecule has 0 radical (unpaired) electrons. The summed E-state index contributed by atoms with van der Waals surface area (Å²) in [6, 6.07) is 18.7. The van der Waals surface area contributed by atoms with Crippen molar-refractivity contribution in [3.8, 4) is 11.5 Å². The Bertz CT molecular complexity index is 1200. The standard InChI is InChI=1S/C24H18ClFN2O3S/c25-16-2-8-19(9-3-16)28-23(29)22(32-24(28)27-18-6-4-17(26)5-7-18)14-15-1-10-20-21(13-15)31-12-11-30-20/h1-10,13-14,23,29H,11-12H2/b22-14-,27-24-. The number of anilines is 1. The molecule has 8 heteroatoms. The van der Waals surface area contributed by atoms with Gasteiger partial charge in [0.15, 0.2) is 22.9 Å². The van der Waals surface area contributed by atoms with E-state index in [1.165, 1.54) is 23.9 Å². The van der Waals surface area contributed by atoms with E-state index < -0.39 is 6.23 Å². The maximum atomic E-state index is 13.3. The summed E-state index contributed by atoms with van der Waals surface area (Å²) in [5, 5.41) is 12.3. The Hall–Kier alpha value is -3.00. The van der Waals surface area contributed by atoms with Crippen LogP contribution in [0.15, 0.2) is 76.6 Å². The molecular formula is C24H18ClFN2O3S. The number of hydrogen-bond donors (Lipinski definition) is 1. The average Bonchev–Trinajstić information content (AvgIpc) is 3.10. The van der Waals surface area contributed by atoms with Crippen LogP contribution in [0.2, 0.25) is 5.02 Å². The van der Waals surface area contributed by atoms with Crippen LogP contribution in [0, 0.1) is 5.82 Å². The van der Waals surface area contributed by atoms with Crippen LogP contribution in [0.4, 0.5) is 15.8 Å². The molecule has 1 N–H and O–H groups in total. The molecule has 1 saturated heterocycles. The third kappa shape index (κ3) is 4.32. The monoisotopic (exact) mass is 468 g/mol. The summed E-state index contributed by atoms with van der Waals surface area (Å²) in [6.45, 7) is 1.03. The third-order valence-corrected chi connectivity index (χ3v) is 6.23. The van der Waals surface area contributed by atoms with Crippen molar-refractivity contribution < 1.29 is 19.0 Å². The summed E-state index contributed by atoms with van der Waals surface area (Å²) in [6.07, 6.45) is 0.942. The second-order valence-corrected chi connectivity index (χ2v) is 8.62. The SMILES string of the molecule is OC1/C(=C/c2ccc3c(c2)OCCO3)S/C(=N\c2ccc(F)cc2)N1c1ccc(Cl)cc1. The molecule has 2 aliphatic heterocycles. The maximum Gasteiger partial charge on any atom is 0.176 e. The number of hydrogen-bond acceptors (Lipinski definition) is 5. The van der Waals surface area contributed by atoms with Crippen molar-refractivity contribution in [1.29, 1.82) is 0 Å². The van der Waals surface area contributed by atoms with Gasteiger partial charge in [0.05, 0.1) is 5.69 Å². The fourth-order valence-electron chi connectivity index (χ4n) is 3.41. The Labute approximate surface area is 193 Å². The van der Waals surface area contributed by atoms with Crippen LogP contribution in [0.3, 0.4) is 0 Å². The van der Waals surface area contributed by atoms with E-state index in [1.54, 1.807) is 29.2 Å².